The van der Waals surface area contributed by atoms with Gasteiger partial charge in [0, 0.05) is 26.4 Å². The molecule has 2 aromatic rings. The zero-order chi connectivity index (χ0) is 15.4. The first-order valence-electron chi connectivity index (χ1n) is 6.20. The molecule has 0 bridgehead atoms. The van der Waals surface area contributed by atoms with Crippen molar-refractivity contribution in [3.63, 3.8) is 0 Å². The summed E-state index contributed by atoms with van der Waals surface area (Å²) in [5, 5.41) is 7.32. The lowest BCUT2D eigenvalue weighted by Gasteiger charge is -2.11. The van der Waals surface area contributed by atoms with Crippen molar-refractivity contribution in [1.82, 2.24) is 0 Å². The third-order valence-electron chi connectivity index (χ3n) is 2.79. The van der Waals surface area contributed by atoms with Gasteiger partial charge in [0.05, 0.1) is 6.54 Å². The Kier molecular flexibility index (Phi) is 5.34. The van der Waals surface area contributed by atoms with Crippen LogP contribution in [-0.2, 0) is 4.79 Å². The van der Waals surface area contributed by atoms with Crippen molar-refractivity contribution < 1.29 is 4.79 Å². The molecule has 0 spiro atoms. The molecule has 2 N–H and O–H groups in total. The normalized spacial score (nSPS) is 10.3. The lowest BCUT2D eigenvalue weighted by molar-refractivity contribution is -0.114. The number of anilines is 2. The highest BCUT2D eigenvalue weighted by molar-refractivity contribution is 6.35. The van der Waals surface area contributed by atoms with E-state index in [9.17, 15) is 4.79 Å². The number of carbonyl (C=O) groups is 1. The number of hydrogen-bond donors (Lipinski definition) is 2. The Bertz CT molecular complexity index is 654. The Morgan fingerprint density at radius 1 is 1.00 bits per heavy atom. The standard InChI is InChI=1S/C15H13Cl3N2O/c1-9-2-3-10(16)7-14(9)19-8-15(21)20-13-5-11(17)4-12(18)6-13/h2-7,19H,8H2,1H3,(H,20,21). The van der Waals surface area contributed by atoms with Gasteiger partial charge in [-0.3, -0.25) is 4.79 Å². The zero-order valence-electron chi connectivity index (χ0n) is 11.2. The molecule has 0 saturated heterocycles. The molecule has 1 amide bonds. The van der Waals surface area contributed by atoms with E-state index < -0.39 is 0 Å². The van der Waals surface area contributed by atoms with Crippen LogP contribution in [0.1, 0.15) is 5.56 Å². The van der Waals surface area contributed by atoms with Gasteiger partial charge in [-0.2, -0.15) is 0 Å². The summed E-state index contributed by atoms with van der Waals surface area (Å²) in [6.07, 6.45) is 0. The smallest absolute Gasteiger partial charge is 0.243 e. The van der Waals surface area contributed by atoms with Gasteiger partial charge in [0.1, 0.15) is 0 Å². The van der Waals surface area contributed by atoms with E-state index in [4.69, 9.17) is 34.8 Å². The second-order valence-corrected chi connectivity index (χ2v) is 5.83. The molecule has 0 heterocycles. The van der Waals surface area contributed by atoms with Gasteiger partial charge in [-0.05, 0) is 42.8 Å². The second kappa shape index (κ2) is 7.03. The summed E-state index contributed by atoms with van der Waals surface area (Å²) in [5.41, 5.74) is 2.39. The highest BCUT2D eigenvalue weighted by Gasteiger charge is 2.06. The molecule has 2 rings (SSSR count). The molecule has 3 nitrogen and oxygen atoms in total. The van der Waals surface area contributed by atoms with E-state index in [1.165, 1.54) is 0 Å². The van der Waals surface area contributed by atoms with Crippen molar-refractivity contribution in [3.8, 4) is 0 Å². The van der Waals surface area contributed by atoms with Crippen LogP contribution in [0, 0.1) is 6.92 Å². The quantitative estimate of drug-likeness (QED) is 0.819. The van der Waals surface area contributed by atoms with Crippen molar-refractivity contribution in [1.29, 1.82) is 0 Å². The Balaban J connectivity index is 1.97. The van der Waals surface area contributed by atoms with Crippen LogP contribution < -0.4 is 10.6 Å². The van der Waals surface area contributed by atoms with Crippen molar-refractivity contribution in [2.24, 2.45) is 0 Å². The molecule has 0 saturated carbocycles. The van der Waals surface area contributed by atoms with E-state index >= 15 is 0 Å². The number of nitrogens with one attached hydrogen (secondary N) is 2. The van der Waals surface area contributed by atoms with E-state index in [2.05, 4.69) is 10.6 Å². The maximum atomic E-state index is 11.9. The van der Waals surface area contributed by atoms with Gasteiger partial charge < -0.3 is 10.6 Å². The molecule has 2 aromatic carbocycles. The predicted molar refractivity (Wildman–Crippen MR) is 89.8 cm³/mol. The Morgan fingerprint density at radius 3 is 2.33 bits per heavy atom. The molecule has 0 unspecified atom stereocenters. The van der Waals surface area contributed by atoms with Crippen LogP contribution in [0.4, 0.5) is 11.4 Å². The minimum atomic E-state index is -0.201. The van der Waals surface area contributed by atoms with Gasteiger partial charge in [-0.15, -0.1) is 0 Å². The molecular weight excluding hydrogens is 331 g/mol. The van der Waals surface area contributed by atoms with Crippen LogP contribution in [0.25, 0.3) is 0 Å². The summed E-state index contributed by atoms with van der Waals surface area (Å²) in [5.74, 6) is -0.201. The minimum Gasteiger partial charge on any atom is -0.376 e. The monoisotopic (exact) mass is 342 g/mol. The van der Waals surface area contributed by atoms with Crippen LogP contribution in [0.15, 0.2) is 36.4 Å². The third kappa shape index (κ3) is 4.81. The Labute approximate surface area is 138 Å². The summed E-state index contributed by atoms with van der Waals surface area (Å²) in [4.78, 5) is 11.9. The summed E-state index contributed by atoms with van der Waals surface area (Å²) in [7, 11) is 0. The molecule has 21 heavy (non-hydrogen) atoms. The molecular formula is C15H13Cl3N2O. The number of rotatable bonds is 4. The van der Waals surface area contributed by atoms with E-state index in [0.29, 0.717) is 20.8 Å². The van der Waals surface area contributed by atoms with Crippen LogP contribution in [-0.4, -0.2) is 12.5 Å². The molecule has 0 fully saturated rings. The Hall–Kier alpha value is -1.42. The number of carbonyl (C=O) groups excluding carboxylic acids is 1. The third-order valence-corrected chi connectivity index (χ3v) is 3.46. The fourth-order valence-corrected chi connectivity index (χ4v) is 2.49. The van der Waals surface area contributed by atoms with Crippen LogP contribution >= 0.6 is 34.8 Å². The average molecular weight is 344 g/mol. The Morgan fingerprint density at radius 2 is 1.67 bits per heavy atom. The average Bonchev–Trinajstić information content (AvgIpc) is 2.38. The number of halogens is 3. The lowest BCUT2D eigenvalue weighted by Crippen LogP contribution is -2.22. The van der Waals surface area contributed by atoms with Gasteiger partial charge in [-0.25, -0.2) is 0 Å². The number of hydrogen-bond acceptors (Lipinski definition) is 2. The molecule has 0 aromatic heterocycles. The van der Waals surface area contributed by atoms with E-state index in [1.54, 1.807) is 30.3 Å². The molecule has 6 heteroatoms. The van der Waals surface area contributed by atoms with E-state index in [0.717, 1.165) is 11.3 Å². The summed E-state index contributed by atoms with van der Waals surface area (Å²) < 4.78 is 0. The predicted octanol–water partition coefficient (Wildman–Crippen LogP) is 5.01. The SMILES string of the molecule is Cc1ccc(Cl)cc1NCC(=O)Nc1cc(Cl)cc(Cl)c1. The van der Waals surface area contributed by atoms with E-state index in [-0.39, 0.29) is 12.5 Å². The van der Waals surface area contributed by atoms with Crippen LogP contribution in [0.2, 0.25) is 15.1 Å². The van der Waals surface area contributed by atoms with Gasteiger partial charge in [0.25, 0.3) is 0 Å². The minimum absolute atomic E-state index is 0.116. The first kappa shape index (κ1) is 16.0. The van der Waals surface area contributed by atoms with Crippen molar-refractivity contribution in [2.75, 3.05) is 17.2 Å². The van der Waals surface area contributed by atoms with Crippen LogP contribution in [0.3, 0.4) is 0 Å². The molecule has 0 atom stereocenters. The highest BCUT2D eigenvalue weighted by Crippen LogP contribution is 2.23. The molecule has 0 aliphatic rings. The summed E-state index contributed by atoms with van der Waals surface area (Å²) in [6.45, 7) is 2.05. The number of benzene rings is 2. The maximum Gasteiger partial charge on any atom is 0.243 e. The number of aryl methyl sites for hydroxylation is 1. The van der Waals surface area contributed by atoms with Gasteiger partial charge in [-0.1, -0.05) is 40.9 Å². The second-order valence-electron chi connectivity index (χ2n) is 4.52. The summed E-state index contributed by atoms with van der Waals surface area (Å²) >= 11 is 17.7. The highest BCUT2D eigenvalue weighted by atomic mass is 35.5. The molecule has 0 aliphatic carbocycles. The fraction of sp³-hybridized carbons (Fsp3) is 0.133. The topological polar surface area (TPSA) is 41.1 Å². The molecule has 0 aliphatic heterocycles. The lowest BCUT2D eigenvalue weighted by atomic mass is 10.2. The first-order chi connectivity index (χ1) is 9.94. The largest absolute Gasteiger partial charge is 0.376 e. The first-order valence-corrected chi connectivity index (χ1v) is 7.33. The number of amides is 1. The van der Waals surface area contributed by atoms with Crippen molar-refractivity contribution in [2.45, 2.75) is 6.92 Å². The van der Waals surface area contributed by atoms with E-state index in [1.807, 2.05) is 13.0 Å². The van der Waals surface area contributed by atoms with Crippen molar-refractivity contribution in [3.05, 3.63) is 57.0 Å². The van der Waals surface area contributed by atoms with Gasteiger partial charge in [0.15, 0.2) is 0 Å². The summed E-state index contributed by atoms with van der Waals surface area (Å²) in [6, 6.07) is 10.3. The van der Waals surface area contributed by atoms with Crippen molar-refractivity contribution >= 4 is 52.1 Å². The molecule has 0 radical (unpaired) electrons. The van der Waals surface area contributed by atoms with Crippen LogP contribution in [0.5, 0.6) is 0 Å². The fourth-order valence-electron chi connectivity index (χ4n) is 1.79. The maximum absolute atomic E-state index is 11.9. The molecule has 110 valence electrons. The van der Waals surface area contributed by atoms with Gasteiger partial charge >= 0.3 is 0 Å². The van der Waals surface area contributed by atoms with Gasteiger partial charge in [0.2, 0.25) is 5.91 Å². The zero-order valence-corrected chi connectivity index (χ0v) is 13.5.